The molecule has 3 N–H and O–H groups in total. The van der Waals surface area contributed by atoms with Crippen molar-refractivity contribution in [1.29, 1.82) is 0 Å². The number of anilines is 2. The molecule has 1 aromatic heterocycles. The zero-order valence-electron chi connectivity index (χ0n) is 34.8. The summed E-state index contributed by atoms with van der Waals surface area (Å²) >= 11 is 6.33. The molecule has 334 valence electrons. The Bertz CT molecular complexity index is 2680. The molecule has 3 aliphatic rings. The number of ether oxygens (including phenoxy) is 3. The quantitative estimate of drug-likeness (QED) is 0.0742. The summed E-state index contributed by atoms with van der Waals surface area (Å²) in [6.07, 6.45) is 2.10. The van der Waals surface area contributed by atoms with E-state index in [4.69, 9.17) is 30.8 Å². The van der Waals surface area contributed by atoms with Gasteiger partial charge in [0.25, 0.3) is 11.8 Å². The zero-order valence-corrected chi connectivity index (χ0v) is 35.6. The van der Waals surface area contributed by atoms with Crippen LogP contribution < -0.4 is 16.0 Å². The van der Waals surface area contributed by atoms with Crippen molar-refractivity contribution in [3.8, 4) is 11.3 Å². The van der Waals surface area contributed by atoms with E-state index in [9.17, 15) is 32.8 Å². The van der Waals surface area contributed by atoms with Crippen molar-refractivity contribution in [3.63, 3.8) is 0 Å². The van der Waals surface area contributed by atoms with Crippen LogP contribution in [0.1, 0.15) is 61.4 Å². The fourth-order valence-corrected chi connectivity index (χ4v) is 7.97. The van der Waals surface area contributed by atoms with Crippen LogP contribution in [0.25, 0.3) is 11.3 Å². The van der Waals surface area contributed by atoms with E-state index < -0.39 is 23.6 Å². The van der Waals surface area contributed by atoms with Crippen molar-refractivity contribution in [2.75, 3.05) is 51.5 Å². The molecule has 1 atom stereocenters. The highest BCUT2D eigenvalue weighted by Crippen LogP contribution is 2.35. The van der Waals surface area contributed by atoms with Crippen LogP contribution in [0.4, 0.5) is 20.4 Å². The molecule has 1 saturated heterocycles. The number of hydrogen-bond donors (Lipinski definition) is 3. The van der Waals surface area contributed by atoms with Crippen LogP contribution in [0, 0.1) is 11.6 Å². The average Bonchev–Trinajstić information content (AvgIpc) is 3.54. The predicted octanol–water partition coefficient (Wildman–Crippen LogP) is 5.52. The molecule has 0 aliphatic carbocycles. The highest BCUT2D eigenvalue weighted by molar-refractivity contribution is 6.31. The number of nitrogens with zero attached hydrogens (tertiary/aromatic N) is 4. The summed E-state index contributed by atoms with van der Waals surface area (Å²) in [5, 5.41) is 8.62. The van der Waals surface area contributed by atoms with Gasteiger partial charge in [0.05, 0.1) is 56.5 Å². The van der Waals surface area contributed by atoms with Crippen LogP contribution >= 0.6 is 11.6 Å². The summed E-state index contributed by atoms with van der Waals surface area (Å²) in [5.41, 5.74) is 4.97. The molecule has 18 heteroatoms. The van der Waals surface area contributed by atoms with Gasteiger partial charge in [0, 0.05) is 70.7 Å². The van der Waals surface area contributed by atoms with Gasteiger partial charge in [0.15, 0.2) is 5.78 Å². The van der Waals surface area contributed by atoms with E-state index >= 15 is 0 Å². The summed E-state index contributed by atoms with van der Waals surface area (Å²) in [5.74, 6) is -2.83. The molecule has 15 nitrogen and oxygen atoms in total. The molecule has 0 bridgehead atoms. The van der Waals surface area contributed by atoms with Gasteiger partial charge in [-0.05, 0) is 72.1 Å². The number of carbonyl (C=O) groups is 5. The summed E-state index contributed by atoms with van der Waals surface area (Å²) in [7, 11) is 0. The topological polar surface area (TPSA) is 191 Å². The molecule has 0 radical (unpaired) electrons. The van der Waals surface area contributed by atoms with Gasteiger partial charge in [-0.3, -0.25) is 34.3 Å². The number of Topliss-reactive ketones (excluding diaryl/α,β-unsaturated/α-hetero) is 1. The first-order valence-electron chi connectivity index (χ1n) is 20.8. The minimum absolute atomic E-state index is 0.0669. The molecule has 4 heterocycles. The Morgan fingerprint density at radius 2 is 1.60 bits per heavy atom. The maximum absolute atomic E-state index is 14.9. The Morgan fingerprint density at radius 1 is 0.862 bits per heavy atom. The lowest BCUT2D eigenvalue weighted by Crippen LogP contribution is -2.52. The molecule has 8 rings (SSSR count). The minimum Gasteiger partial charge on any atom is -0.377 e. The number of hydrogen-bond acceptors (Lipinski definition) is 12. The number of benzene rings is 4. The van der Waals surface area contributed by atoms with E-state index in [2.05, 4.69) is 25.9 Å². The number of imide groups is 1. The van der Waals surface area contributed by atoms with E-state index in [1.54, 1.807) is 66.9 Å². The number of fused-ring (bicyclic) bond motifs is 4. The molecule has 3 aliphatic heterocycles. The Labute approximate surface area is 376 Å². The van der Waals surface area contributed by atoms with Gasteiger partial charge in [-0.25, -0.2) is 18.7 Å². The van der Waals surface area contributed by atoms with E-state index in [1.165, 1.54) is 23.1 Å². The highest BCUT2D eigenvalue weighted by Gasteiger charge is 2.40. The number of aromatic nitrogens is 2. The number of halogens is 3. The lowest BCUT2D eigenvalue weighted by Gasteiger charge is -2.29. The van der Waals surface area contributed by atoms with E-state index in [0.717, 1.165) is 0 Å². The Balaban J connectivity index is 0.718. The van der Waals surface area contributed by atoms with Crippen molar-refractivity contribution in [1.82, 2.24) is 25.5 Å². The third kappa shape index (κ3) is 10.4. The fourth-order valence-electron chi connectivity index (χ4n) is 7.80. The average molecular weight is 906 g/mol. The fraction of sp³-hybridized carbons (Fsp3) is 0.277. The molecular formula is C47H42ClF2N7O8. The maximum Gasteiger partial charge on any atom is 0.255 e. The smallest absolute Gasteiger partial charge is 0.255 e. The summed E-state index contributed by atoms with van der Waals surface area (Å²) in [4.78, 5) is 77.7. The van der Waals surface area contributed by atoms with Crippen molar-refractivity contribution >= 4 is 58.4 Å². The van der Waals surface area contributed by atoms with Gasteiger partial charge in [-0.15, -0.1) is 0 Å². The van der Waals surface area contributed by atoms with Crippen molar-refractivity contribution < 1.29 is 47.0 Å². The second-order valence-corrected chi connectivity index (χ2v) is 15.7. The molecule has 1 fully saturated rings. The zero-order chi connectivity index (χ0) is 45.5. The summed E-state index contributed by atoms with van der Waals surface area (Å²) in [6, 6.07) is 19.8. The second kappa shape index (κ2) is 20.4. The van der Waals surface area contributed by atoms with E-state index in [0.29, 0.717) is 55.3 Å². The van der Waals surface area contributed by atoms with Crippen LogP contribution in [0.15, 0.2) is 90.1 Å². The maximum atomic E-state index is 14.9. The van der Waals surface area contributed by atoms with Crippen molar-refractivity contribution in [3.05, 3.63) is 141 Å². The summed E-state index contributed by atoms with van der Waals surface area (Å²) < 4.78 is 46.4. The van der Waals surface area contributed by atoms with E-state index in [1.807, 2.05) is 0 Å². The van der Waals surface area contributed by atoms with Gasteiger partial charge < -0.3 is 29.7 Å². The standard InChI is InChI=1S/C47H42ClF2N7O8/c48-30-9-12-33-35(22-30)43(41-37(49)5-2-6-38(41)50)52-23-29-24-53-47(56-42(29)33)54-31-10-7-27(8-11-31)44(60)51-15-16-63-17-18-64-19-20-65-26-32(58)21-28-3-1-4-34-36(28)25-57(46(34)62)39-13-14-40(59)55-45(39)61/h1-12,22,24,39H,13-21,23,25-26H2,(H,51,60)(H,53,54,56)(H,55,59,61). The lowest BCUT2D eigenvalue weighted by molar-refractivity contribution is -0.137. The normalized spacial score (nSPS) is 15.4. The van der Waals surface area contributed by atoms with Crippen LogP contribution in [-0.2, 0) is 48.1 Å². The number of nitrogens with one attached hydrogen (secondary N) is 3. The number of carbonyl (C=O) groups excluding carboxylic acids is 5. The molecule has 1 unspecified atom stereocenters. The number of rotatable bonds is 18. The molecule has 4 amide bonds. The van der Waals surface area contributed by atoms with Crippen molar-refractivity contribution in [2.45, 2.75) is 38.4 Å². The van der Waals surface area contributed by atoms with Gasteiger partial charge >= 0.3 is 0 Å². The van der Waals surface area contributed by atoms with Gasteiger partial charge in [0.1, 0.15) is 24.3 Å². The number of amides is 4. The molecule has 5 aromatic rings. The second-order valence-electron chi connectivity index (χ2n) is 15.3. The Kier molecular flexibility index (Phi) is 14.0. The first kappa shape index (κ1) is 44.8. The molecule has 0 saturated carbocycles. The molecular weight excluding hydrogens is 864 g/mol. The van der Waals surface area contributed by atoms with Gasteiger partial charge in [-0.1, -0.05) is 35.9 Å². The number of aliphatic imine (C=N–C) groups is 1. The Morgan fingerprint density at radius 3 is 2.37 bits per heavy atom. The SMILES string of the molecule is O=C(COCCOCCOCCNC(=O)c1ccc(Nc2ncc3c(n2)-c2ccc(Cl)cc2C(c2c(F)cccc2F)=NC3)cc1)Cc1cccc2c1CN(C1CCC(=O)NC1=O)C2=O. The summed E-state index contributed by atoms with van der Waals surface area (Å²) in [6.45, 7) is 1.66. The van der Waals surface area contributed by atoms with Crippen LogP contribution in [-0.4, -0.2) is 102 Å². The third-order valence-corrected chi connectivity index (χ3v) is 11.2. The molecule has 4 aromatic carbocycles. The predicted molar refractivity (Wildman–Crippen MR) is 234 cm³/mol. The first-order chi connectivity index (χ1) is 31.5. The number of piperidine rings is 1. The minimum atomic E-state index is -0.745. The van der Waals surface area contributed by atoms with Crippen LogP contribution in [0.5, 0.6) is 0 Å². The largest absolute Gasteiger partial charge is 0.377 e. The Hall–Kier alpha value is -6.79. The van der Waals surface area contributed by atoms with Gasteiger partial charge in [-0.2, -0.15) is 0 Å². The highest BCUT2D eigenvalue weighted by atomic mass is 35.5. The van der Waals surface area contributed by atoms with Crippen LogP contribution in [0.3, 0.4) is 0 Å². The first-order valence-corrected chi connectivity index (χ1v) is 21.2. The molecule has 65 heavy (non-hydrogen) atoms. The molecule has 0 spiro atoms. The van der Waals surface area contributed by atoms with Crippen molar-refractivity contribution in [2.24, 2.45) is 4.99 Å². The van der Waals surface area contributed by atoms with E-state index in [-0.39, 0.29) is 119 Å². The number of ketones is 1. The van der Waals surface area contributed by atoms with Gasteiger partial charge in [0.2, 0.25) is 17.8 Å². The van der Waals surface area contributed by atoms with Crippen LogP contribution in [0.2, 0.25) is 5.02 Å². The monoisotopic (exact) mass is 905 g/mol. The lowest BCUT2D eigenvalue weighted by atomic mass is 9.95. The third-order valence-electron chi connectivity index (χ3n) is 11.0.